The summed E-state index contributed by atoms with van der Waals surface area (Å²) in [6.07, 6.45) is 2.52. The third-order valence-corrected chi connectivity index (χ3v) is 1.28. The van der Waals surface area contributed by atoms with Crippen molar-refractivity contribution >= 4 is 11.6 Å². The molecule has 1 unspecified atom stereocenters. The zero-order chi connectivity index (χ0) is 5.33. The molecule has 0 aromatic heterocycles. The van der Waals surface area contributed by atoms with Gasteiger partial charge < -0.3 is 4.74 Å². The number of alkyl halides is 1. The quantitative estimate of drug-likeness (QED) is 0.304. The van der Waals surface area contributed by atoms with Crippen LogP contribution in [-0.4, -0.2) is 11.7 Å². The van der Waals surface area contributed by atoms with Gasteiger partial charge in [-0.1, -0.05) is 17.7 Å². The third kappa shape index (κ3) is 1.18. The minimum atomic E-state index is -0.345. The van der Waals surface area contributed by atoms with Crippen LogP contribution in [0.3, 0.4) is 0 Å². The van der Waals surface area contributed by atoms with Gasteiger partial charge in [0.2, 0.25) is 0 Å². The lowest BCUT2D eigenvalue weighted by atomic mass is 10.3. The molecule has 0 amide bonds. The van der Waals surface area contributed by atoms with Gasteiger partial charge in [-0.05, 0) is 0 Å². The molecule has 1 nitrogen and oxygen atoms in total. The highest BCUT2D eigenvalue weighted by molar-refractivity contribution is 6.24. The number of hydrogen-bond donors (Lipinski definition) is 0. The topological polar surface area (TPSA) is 12.5 Å². The summed E-state index contributed by atoms with van der Waals surface area (Å²) in [5.74, 6) is 0. The van der Waals surface area contributed by atoms with Gasteiger partial charge in [0, 0.05) is 6.42 Å². The first-order valence-electron chi connectivity index (χ1n) is 2.21. The van der Waals surface area contributed by atoms with E-state index in [1.165, 1.54) is 0 Å². The maximum Gasteiger partial charge on any atom is 0.168 e. The van der Waals surface area contributed by atoms with Crippen LogP contribution in [-0.2, 0) is 4.74 Å². The summed E-state index contributed by atoms with van der Waals surface area (Å²) in [6.45, 7) is 4.20. The molecule has 1 atom stereocenters. The second kappa shape index (κ2) is 1.49. The highest BCUT2D eigenvalue weighted by atomic mass is 35.5. The zero-order valence-corrected chi connectivity index (χ0v) is 4.74. The molecule has 1 rings (SSSR count). The highest BCUT2D eigenvalue weighted by Crippen LogP contribution is 2.35. The van der Waals surface area contributed by atoms with Gasteiger partial charge in [-0.3, -0.25) is 0 Å². The molecule has 0 saturated carbocycles. The summed E-state index contributed by atoms with van der Waals surface area (Å²) in [4.78, 5) is 0. The standard InChI is InChI=1S/C5H7ClO/c1-2-3-5(6)4-7-5/h2H,1,3-4H2. The Morgan fingerprint density at radius 1 is 2.00 bits per heavy atom. The largest absolute Gasteiger partial charge is 0.353 e. The molecule has 0 spiro atoms. The Bertz CT molecular complexity index is 86.1. The van der Waals surface area contributed by atoms with Crippen molar-refractivity contribution in [2.75, 3.05) is 6.61 Å². The van der Waals surface area contributed by atoms with Crippen molar-refractivity contribution in [3.63, 3.8) is 0 Å². The van der Waals surface area contributed by atoms with E-state index in [4.69, 9.17) is 16.3 Å². The van der Waals surface area contributed by atoms with Gasteiger partial charge in [0.1, 0.15) is 0 Å². The van der Waals surface area contributed by atoms with Crippen LogP contribution in [0.1, 0.15) is 6.42 Å². The minimum Gasteiger partial charge on any atom is -0.353 e. The molecule has 0 aliphatic carbocycles. The maximum atomic E-state index is 5.65. The van der Waals surface area contributed by atoms with Crippen LogP contribution < -0.4 is 0 Å². The Morgan fingerprint density at radius 2 is 2.57 bits per heavy atom. The molecule has 7 heavy (non-hydrogen) atoms. The van der Waals surface area contributed by atoms with Crippen molar-refractivity contribution in [2.24, 2.45) is 0 Å². The van der Waals surface area contributed by atoms with Crippen LogP contribution in [0.5, 0.6) is 0 Å². The van der Waals surface area contributed by atoms with Gasteiger partial charge in [-0.15, -0.1) is 6.58 Å². The van der Waals surface area contributed by atoms with E-state index in [1.54, 1.807) is 6.08 Å². The van der Waals surface area contributed by atoms with Crippen molar-refractivity contribution in [1.82, 2.24) is 0 Å². The van der Waals surface area contributed by atoms with E-state index in [9.17, 15) is 0 Å². The smallest absolute Gasteiger partial charge is 0.168 e. The molecular weight excluding hydrogens is 112 g/mol. The third-order valence-electron chi connectivity index (χ3n) is 0.907. The van der Waals surface area contributed by atoms with Gasteiger partial charge in [0.15, 0.2) is 5.06 Å². The summed E-state index contributed by atoms with van der Waals surface area (Å²) in [6, 6.07) is 0. The maximum absolute atomic E-state index is 5.65. The molecule has 0 aromatic rings. The lowest BCUT2D eigenvalue weighted by Gasteiger charge is -1.91. The first kappa shape index (κ1) is 5.13. The summed E-state index contributed by atoms with van der Waals surface area (Å²) in [5.41, 5.74) is 0. The monoisotopic (exact) mass is 118 g/mol. The molecule has 0 aromatic carbocycles. The van der Waals surface area contributed by atoms with Gasteiger partial charge in [0.05, 0.1) is 6.61 Å². The van der Waals surface area contributed by atoms with Crippen LogP contribution in [0.15, 0.2) is 12.7 Å². The molecule has 40 valence electrons. The molecule has 0 radical (unpaired) electrons. The average Bonchev–Trinajstić information content (AvgIpc) is 2.22. The highest BCUT2D eigenvalue weighted by Gasteiger charge is 2.40. The van der Waals surface area contributed by atoms with Crippen molar-refractivity contribution in [1.29, 1.82) is 0 Å². The second-order valence-corrected chi connectivity index (χ2v) is 2.35. The van der Waals surface area contributed by atoms with Crippen LogP contribution in [0.4, 0.5) is 0 Å². The fraction of sp³-hybridized carbons (Fsp3) is 0.600. The van der Waals surface area contributed by atoms with E-state index in [0.717, 1.165) is 6.42 Å². The number of halogens is 1. The van der Waals surface area contributed by atoms with E-state index in [2.05, 4.69) is 6.58 Å². The van der Waals surface area contributed by atoms with E-state index in [1.807, 2.05) is 0 Å². The van der Waals surface area contributed by atoms with Crippen LogP contribution in [0.25, 0.3) is 0 Å². The van der Waals surface area contributed by atoms with E-state index >= 15 is 0 Å². The van der Waals surface area contributed by atoms with Crippen LogP contribution >= 0.6 is 11.6 Å². The Balaban J connectivity index is 2.25. The summed E-state index contributed by atoms with van der Waals surface area (Å²) < 4.78 is 4.83. The number of rotatable bonds is 2. The Hall–Kier alpha value is -0.0100. The average molecular weight is 119 g/mol. The zero-order valence-electron chi connectivity index (χ0n) is 3.98. The molecule has 1 heterocycles. The van der Waals surface area contributed by atoms with Crippen molar-refractivity contribution in [2.45, 2.75) is 11.5 Å². The predicted molar refractivity (Wildman–Crippen MR) is 29.3 cm³/mol. The molecule has 2 heteroatoms. The summed E-state index contributed by atoms with van der Waals surface area (Å²) >= 11 is 5.65. The van der Waals surface area contributed by atoms with Crippen LogP contribution in [0.2, 0.25) is 0 Å². The molecule has 0 bridgehead atoms. The van der Waals surface area contributed by atoms with Gasteiger partial charge in [0.25, 0.3) is 0 Å². The molecular formula is C5H7ClO. The van der Waals surface area contributed by atoms with Gasteiger partial charge in [-0.2, -0.15) is 0 Å². The van der Waals surface area contributed by atoms with Crippen molar-refractivity contribution in [3.05, 3.63) is 12.7 Å². The van der Waals surface area contributed by atoms with E-state index in [-0.39, 0.29) is 5.06 Å². The van der Waals surface area contributed by atoms with Crippen molar-refractivity contribution < 1.29 is 4.74 Å². The Kier molecular flexibility index (Phi) is 1.10. The summed E-state index contributed by atoms with van der Waals surface area (Å²) in [7, 11) is 0. The first-order chi connectivity index (χ1) is 3.27. The Labute approximate surface area is 47.9 Å². The van der Waals surface area contributed by atoms with E-state index in [0.29, 0.717) is 6.61 Å². The van der Waals surface area contributed by atoms with Gasteiger partial charge in [-0.25, -0.2) is 0 Å². The lowest BCUT2D eigenvalue weighted by Crippen LogP contribution is -1.94. The number of ether oxygens (including phenoxy) is 1. The second-order valence-electron chi connectivity index (χ2n) is 1.66. The SMILES string of the molecule is C=CCC1(Cl)CO1. The number of hydrogen-bond acceptors (Lipinski definition) is 1. The fourth-order valence-corrected chi connectivity index (χ4v) is 0.575. The molecule has 1 saturated heterocycles. The summed E-state index contributed by atoms with van der Waals surface area (Å²) in [5, 5.41) is -0.345. The minimum absolute atomic E-state index is 0.345. The molecule has 1 fully saturated rings. The first-order valence-corrected chi connectivity index (χ1v) is 2.58. The van der Waals surface area contributed by atoms with Crippen LogP contribution in [0, 0.1) is 0 Å². The van der Waals surface area contributed by atoms with Gasteiger partial charge >= 0.3 is 0 Å². The lowest BCUT2D eigenvalue weighted by molar-refractivity contribution is 0.382. The molecule has 1 aliphatic rings. The number of epoxide rings is 1. The predicted octanol–water partition coefficient (Wildman–Crippen LogP) is 1.53. The normalized spacial score (nSPS) is 37.9. The fourth-order valence-electron chi connectivity index (χ4n) is 0.412. The van der Waals surface area contributed by atoms with E-state index < -0.39 is 0 Å². The Morgan fingerprint density at radius 3 is 2.71 bits per heavy atom. The molecule has 1 aliphatic heterocycles. The van der Waals surface area contributed by atoms with Crippen molar-refractivity contribution in [3.8, 4) is 0 Å². The molecule has 0 N–H and O–H groups in total.